The van der Waals surface area contributed by atoms with Gasteiger partial charge in [0.05, 0.1) is 27.8 Å². The Labute approximate surface area is 326 Å². The number of fused-ring (bicyclic) bond motifs is 10. The van der Waals surface area contributed by atoms with Gasteiger partial charge in [-0.3, -0.25) is 0 Å². The second-order valence-corrected chi connectivity index (χ2v) is 14.4. The molecule has 0 aliphatic heterocycles. The van der Waals surface area contributed by atoms with Crippen molar-refractivity contribution >= 4 is 65.6 Å². The quantitative estimate of drug-likeness (QED) is 0.177. The van der Waals surface area contributed by atoms with Gasteiger partial charge < -0.3 is 13.6 Å². The van der Waals surface area contributed by atoms with E-state index in [-0.39, 0.29) is 0 Å². The number of aromatic nitrogens is 5. The fourth-order valence-electron chi connectivity index (χ4n) is 8.63. The van der Waals surface area contributed by atoms with Crippen molar-refractivity contribution < 1.29 is 4.42 Å². The summed E-state index contributed by atoms with van der Waals surface area (Å²) in [7, 11) is 0. The van der Waals surface area contributed by atoms with Crippen molar-refractivity contribution in [3.63, 3.8) is 0 Å². The van der Waals surface area contributed by atoms with Crippen molar-refractivity contribution in [2.45, 2.75) is 0 Å². The molecular weight excluding hydrogens is 699 g/mol. The number of nitrogens with zero attached hydrogens (tertiary/aromatic N) is 5. The summed E-state index contributed by atoms with van der Waals surface area (Å²) in [5, 5.41) is 6.81. The third-order valence-electron chi connectivity index (χ3n) is 11.2. The van der Waals surface area contributed by atoms with Gasteiger partial charge in [0.15, 0.2) is 23.1 Å². The molecule has 0 saturated carbocycles. The highest BCUT2D eigenvalue weighted by molar-refractivity contribution is 6.24. The summed E-state index contributed by atoms with van der Waals surface area (Å²) in [6, 6.07) is 65.5. The molecule has 0 fully saturated rings. The smallest absolute Gasteiger partial charge is 0.164 e. The van der Waals surface area contributed by atoms with Crippen molar-refractivity contribution in [2.24, 2.45) is 0 Å². The van der Waals surface area contributed by atoms with Gasteiger partial charge in [0.1, 0.15) is 5.58 Å². The second-order valence-electron chi connectivity index (χ2n) is 14.4. The third-order valence-corrected chi connectivity index (χ3v) is 11.2. The normalized spacial score (nSPS) is 11.9. The fraction of sp³-hybridized carbons (Fsp3) is 0. The molecule has 0 saturated heterocycles. The van der Waals surface area contributed by atoms with Crippen LogP contribution in [0.25, 0.3) is 111 Å². The lowest BCUT2D eigenvalue weighted by molar-refractivity contribution is 0.666. The van der Waals surface area contributed by atoms with Crippen LogP contribution < -0.4 is 0 Å². The minimum absolute atomic E-state index is 0.605. The first kappa shape index (κ1) is 31.5. The van der Waals surface area contributed by atoms with Gasteiger partial charge in [-0.25, -0.2) is 15.0 Å². The average molecular weight is 730 g/mol. The monoisotopic (exact) mass is 729 g/mol. The van der Waals surface area contributed by atoms with Gasteiger partial charge in [0, 0.05) is 54.7 Å². The Morgan fingerprint density at radius 2 is 0.860 bits per heavy atom. The molecule has 4 heterocycles. The molecule has 0 amide bonds. The number of benzene rings is 8. The Hall–Kier alpha value is -7.83. The second kappa shape index (κ2) is 12.3. The van der Waals surface area contributed by atoms with Crippen molar-refractivity contribution in [1.82, 2.24) is 24.1 Å². The summed E-state index contributed by atoms with van der Waals surface area (Å²) in [6.45, 7) is 0. The standard InChI is InChI=1S/C51H31N5O/c1-4-15-32(16-5-1)49-52-50(33-17-6-2-7-18-33)54-51(53-49)34-27-30-45-41(31-34)40-23-14-26-44(48(40)57-45)56-43-25-13-11-22-37(43)39-29-28-38-36-21-10-12-24-42(36)55(46(38)47(39)56)35-19-8-3-9-20-35/h1-31H. The van der Waals surface area contributed by atoms with E-state index in [9.17, 15) is 0 Å². The molecule has 0 radical (unpaired) electrons. The van der Waals surface area contributed by atoms with Crippen LogP contribution in [-0.4, -0.2) is 24.1 Å². The molecule has 0 aliphatic rings. The lowest BCUT2D eigenvalue weighted by Gasteiger charge is -2.12. The van der Waals surface area contributed by atoms with Gasteiger partial charge >= 0.3 is 0 Å². The Balaban J connectivity index is 1.12. The van der Waals surface area contributed by atoms with E-state index in [1.165, 1.54) is 27.1 Å². The largest absolute Gasteiger partial charge is 0.454 e. The molecule has 0 atom stereocenters. The summed E-state index contributed by atoms with van der Waals surface area (Å²) >= 11 is 0. The zero-order valence-electron chi connectivity index (χ0n) is 30.5. The molecule has 12 aromatic rings. The molecule has 0 spiro atoms. The van der Waals surface area contributed by atoms with E-state index in [1.54, 1.807) is 0 Å². The highest BCUT2D eigenvalue weighted by Gasteiger charge is 2.23. The maximum atomic E-state index is 6.89. The minimum atomic E-state index is 0.605. The summed E-state index contributed by atoms with van der Waals surface area (Å²) in [4.78, 5) is 14.9. The van der Waals surface area contributed by atoms with Gasteiger partial charge in [-0.05, 0) is 48.5 Å². The minimum Gasteiger partial charge on any atom is -0.454 e. The predicted octanol–water partition coefficient (Wildman–Crippen LogP) is 13.0. The molecule has 0 N–H and O–H groups in total. The van der Waals surface area contributed by atoms with E-state index < -0.39 is 0 Å². The molecule has 6 heteroatoms. The van der Waals surface area contributed by atoms with E-state index in [0.29, 0.717) is 17.5 Å². The van der Waals surface area contributed by atoms with Gasteiger partial charge in [0.2, 0.25) is 0 Å². The first-order chi connectivity index (χ1) is 28.3. The van der Waals surface area contributed by atoms with Gasteiger partial charge in [-0.15, -0.1) is 0 Å². The van der Waals surface area contributed by atoms with Crippen LogP contribution in [0.5, 0.6) is 0 Å². The Bertz CT molecular complexity index is 3450. The Kier molecular flexibility index (Phi) is 6.83. The molecule has 0 unspecified atom stereocenters. The predicted molar refractivity (Wildman–Crippen MR) is 232 cm³/mol. The van der Waals surface area contributed by atoms with Crippen LogP contribution in [0, 0.1) is 0 Å². The molecule has 0 bridgehead atoms. The fourth-order valence-corrected chi connectivity index (χ4v) is 8.63. The summed E-state index contributed by atoms with van der Waals surface area (Å²) < 4.78 is 11.7. The molecule has 0 aliphatic carbocycles. The van der Waals surface area contributed by atoms with Crippen molar-refractivity contribution in [3.8, 4) is 45.5 Å². The first-order valence-corrected chi connectivity index (χ1v) is 19.1. The van der Waals surface area contributed by atoms with E-state index in [0.717, 1.165) is 66.6 Å². The number of hydrogen-bond acceptors (Lipinski definition) is 4. The van der Waals surface area contributed by atoms with Crippen LogP contribution >= 0.6 is 0 Å². The van der Waals surface area contributed by atoms with Gasteiger partial charge in [0.25, 0.3) is 0 Å². The SMILES string of the molecule is c1ccc(-c2nc(-c3ccccc3)nc(-c3ccc4oc5c(-n6c7ccccc7c7ccc8c9ccccc9n(-c9ccccc9)c8c76)cccc5c4c3)n2)cc1. The zero-order valence-corrected chi connectivity index (χ0v) is 30.5. The molecule has 8 aromatic carbocycles. The maximum Gasteiger partial charge on any atom is 0.164 e. The summed E-state index contributed by atoms with van der Waals surface area (Å²) in [5.74, 6) is 1.86. The van der Waals surface area contributed by atoms with E-state index in [2.05, 4.69) is 124 Å². The van der Waals surface area contributed by atoms with Crippen molar-refractivity contribution in [2.75, 3.05) is 0 Å². The number of hydrogen-bond donors (Lipinski definition) is 0. The molecule has 266 valence electrons. The Morgan fingerprint density at radius 3 is 1.49 bits per heavy atom. The van der Waals surface area contributed by atoms with Crippen molar-refractivity contribution in [3.05, 3.63) is 188 Å². The van der Waals surface area contributed by atoms with Crippen LogP contribution in [0.3, 0.4) is 0 Å². The lowest BCUT2D eigenvalue weighted by atomic mass is 10.1. The first-order valence-electron chi connectivity index (χ1n) is 19.1. The molecule has 4 aromatic heterocycles. The van der Waals surface area contributed by atoms with Crippen LogP contribution in [0.15, 0.2) is 192 Å². The number of furan rings is 1. The Morgan fingerprint density at radius 1 is 0.351 bits per heavy atom. The molecular formula is C51H31N5O. The van der Waals surface area contributed by atoms with Crippen LogP contribution in [0.2, 0.25) is 0 Å². The number of rotatable bonds is 5. The van der Waals surface area contributed by atoms with Gasteiger partial charge in [-0.2, -0.15) is 0 Å². The summed E-state index contributed by atoms with van der Waals surface area (Å²) in [5.41, 5.74) is 11.0. The molecule has 57 heavy (non-hydrogen) atoms. The summed E-state index contributed by atoms with van der Waals surface area (Å²) in [6.07, 6.45) is 0. The number of para-hydroxylation sites is 4. The van der Waals surface area contributed by atoms with Crippen LogP contribution in [0.1, 0.15) is 0 Å². The van der Waals surface area contributed by atoms with E-state index >= 15 is 0 Å². The topological polar surface area (TPSA) is 61.7 Å². The van der Waals surface area contributed by atoms with Gasteiger partial charge in [-0.1, -0.05) is 140 Å². The van der Waals surface area contributed by atoms with Crippen molar-refractivity contribution in [1.29, 1.82) is 0 Å². The van der Waals surface area contributed by atoms with Crippen LogP contribution in [0.4, 0.5) is 0 Å². The van der Waals surface area contributed by atoms with Crippen LogP contribution in [-0.2, 0) is 0 Å². The zero-order chi connectivity index (χ0) is 37.5. The molecule has 12 rings (SSSR count). The lowest BCUT2D eigenvalue weighted by Crippen LogP contribution is -2.00. The highest BCUT2D eigenvalue weighted by atomic mass is 16.3. The molecule has 6 nitrogen and oxygen atoms in total. The maximum absolute atomic E-state index is 6.89. The van der Waals surface area contributed by atoms with E-state index in [4.69, 9.17) is 19.4 Å². The average Bonchev–Trinajstić information content (AvgIpc) is 3.95. The van der Waals surface area contributed by atoms with E-state index in [1.807, 2.05) is 72.8 Å². The third kappa shape index (κ3) is 4.81. The highest BCUT2D eigenvalue weighted by Crippen LogP contribution is 2.44.